The Morgan fingerprint density at radius 3 is 2.53 bits per heavy atom. The summed E-state index contributed by atoms with van der Waals surface area (Å²) in [6.07, 6.45) is 4.86. The third kappa shape index (κ3) is 5.07. The Balaban J connectivity index is 1.75. The van der Waals surface area contributed by atoms with Gasteiger partial charge in [-0.05, 0) is 48.6 Å². The van der Waals surface area contributed by atoms with Gasteiger partial charge in [-0.3, -0.25) is 14.5 Å². The maximum Gasteiger partial charge on any atom is 0.238 e. The van der Waals surface area contributed by atoms with Gasteiger partial charge in [-0.1, -0.05) is 63.9 Å². The highest BCUT2D eigenvalue weighted by atomic mass is 32.2. The maximum atomic E-state index is 12.7. The second-order valence-corrected chi connectivity index (χ2v) is 8.84. The quantitative estimate of drug-likeness (QED) is 0.523. The molecule has 0 bridgehead atoms. The fraction of sp³-hybridized carbons (Fsp3) is 0.440. The van der Waals surface area contributed by atoms with E-state index in [1.54, 1.807) is 11.8 Å². The fourth-order valence-electron chi connectivity index (χ4n) is 3.92. The highest BCUT2D eigenvalue weighted by Gasteiger charge is 2.34. The van der Waals surface area contributed by atoms with E-state index in [1.807, 2.05) is 47.4 Å². The molecule has 3 rings (SSSR count). The van der Waals surface area contributed by atoms with E-state index in [2.05, 4.69) is 32.2 Å². The van der Waals surface area contributed by atoms with Crippen LogP contribution < -0.4 is 10.2 Å². The van der Waals surface area contributed by atoms with Crippen LogP contribution in [0.15, 0.2) is 48.5 Å². The molecule has 2 unspecified atom stereocenters. The van der Waals surface area contributed by atoms with Crippen molar-refractivity contribution in [2.24, 2.45) is 5.92 Å². The molecule has 1 aliphatic heterocycles. The van der Waals surface area contributed by atoms with Crippen LogP contribution in [0.2, 0.25) is 0 Å². The summed E-state index contributed by atoms with van der Waals surface area (Å²) in [5.74, 6) is 0.790. The highest BCUT2D eigenvalue weighted by Crippen LogP contribution is 2.43. The molecule has 0 aromatic heterocycles. The second-order valence-electron chi connectivity index (χ2n) is 7.77. The Bertz CT molecular complexity index is 866. The number of amides is 2. The minimum Gasteiger partial charge on any atom is -0.326 e. The molecule has 1 fully saturated rings. The van der Waals surface area contributed by atoms with Gasteiger partial charge in [0.15, 0.2) is 0 Å². The molecular weight excluding hydrogens is 392 g/mol. The maximum absolute atomic E-state index is 12.7. The first-order chi connectivity index (χ1) is 14.6. The van der Waals surface area contributed by atoms with Crippen LogP contribution in [0, 0.1) is 5.92 Å². The number of hydrogen-bond acceptors (Lipinski definition) is 3. The number of carbonyl (C=O) groups is 2. The summed E-state index contributed by atoms with van der Waals surface area (Å²) >= 11 is 1.65. The third-order valence-corrected chi connectivity index (χ3v) is 6.95. The van der Waals surface area contributed by atoms with E-state index in [9.17, 15) is 9.59 Å². The standard InChI is InChI=1S/C25H32N2O2S/c1-4-7-10-19(6-3)24(29)26-21-15-13-20(14-16-21)25-27(23(28)17-30-25)22-12-9-8-11-18(22)5-2/h8-9,11-16,19,25H,4-7,10,17H2,1-3H3,(H,26,29). The van der Waals surface area contributed by atoms with Crippen molar-refractivity contribution in [2.45, 2.75) is 58.2 Å². The number of aryl methyl sites for hydroxylation is 1. The van der Waals surface area contributed by atoms with Crippen molar-refractivity contribution >= 4 is 35.0 Å². The molecule has 2 aromatic rings. The zero-order chi connectivity index (χ0) is 21.5. The van der Waals surface area contributed by atoms with Gasteiger partial charge < -0.3 is 5.32 Å². The lowest BCUT2D eigenvalue weighted by molar-refractivity contribution is -0.120. The van der Waals surface area contributed by atoms with Crippen LogP contribution in [0.4, 0.5) is 11.4 Å². The first-order valence-electron chi connectivity index (χ1n) is 11.0. The molecule has 0 aliphatic carbocycles. The molecule has 0 saturated carbocycles. The Labute approximate surface area is 184 Å². The number of rotatable bonds is 9. The summed E-state index contributed by atoms with van der Waals surface area (Å²) in [4.78, 5) is 27.2. The van der Waals surface area contributed by atoms with Crippen molar-refractivity contribution in [3.8, 4) is 0 Å². The molecule has 4 nitrogen and oxygen atoms in total. The van der Waals surface area contributed by atoms with E-state index in [0.29, 0.717) is 5.75 Å². The first kappa shape index (κ1) is 22.4. The number of benzene rings is 2. The van der Waals surface area contributed by atoms with Crippen molar-refractivity contribution in [3.05, 3.63) is 59.7 Å². The molecule has 0 spiro atoms. The molecule has 1 N–H and O–H groups in total. The van der Waals surface area contributed by atoms with Crippen LogP contribution in [0.5, 0.6) is 0 Å². The molecule has 1 heterocycles. The average Bonchev–Trinajstić information content (AvgIpc) is 3.16. The van der Waals surface area contributed by atoms with Gasteiger partial charge in [0.05, 0.1) is 5.75 Å². The number of hydrogen-bond donors (Lipinski definition) is 1. The molecule has 1 saturated heterocycles. The lowest BCUT2D eigenvalue weighted by atomic mass is 9.98. The van der Waals surface area contributed by atoms with Crippen molar-refractivity contribution in [1.29, 1.82) is 0 Å². The normalized spacial score (nSPS) is 17.2. The van der Waals surface area contributed by atoms with Gasteiger partial charge in [0, 0.05) is 17.3 Å². The monoisotopic (exact) mass is 424 g/mol. The summed E-state index contributed by atoms with van der Waals surface area (Å²) in [7, 11) is 0. The van der Waals surface area contributed by atoms with E-state index in [4.69, 9.17) is 0 Å². The number of para-hydroxylation sites is 1. The molecular formula is C25H32N2O2S. The lowest BCUT2D eigenvalue weighted by Crippen LogP contribution is -2.28. The summed E-state index contributed by atoms with van der Waals surface area (Å²) < 4.78 is 0. The van der Waals surface area contributed by atoms with E-state index in [1.165, 1.54) is 5.56 Å². The van der Waals surface area contributed by atoms with Gasteiger partial charge in [0.2, 0.25) is 11.8 Å². The van der Waals surface area contributed by atoms with E-state index >= 15 is 0 Å². The van der Waals surface area contributed by atoms with Crippen LogP contribution in [0.1, 0.15) is 63.0 Å². The number of thioether (sulfide) groups is 1. The molecule has 2 amide bonds. The van der Waals surface area contributed by atoms with E-state index in [-0.39, 0.29) is 23.1 Å². The van der Waals surface area contributed by atoms with E-state index in [0.717, 1.165) is 49.0 Å². The van der Waals surface area contributed by atoms with Crippen LogP contribution >= 0.6 is 11.8 Å². The zero-order valence-corrected chi connectivity index (χ0v) is 19.0. The van der Waals surface area contributed by atoms with Crippen molar-refractivity contribution in [2.75, 3.05) is 16.0 Å². The fourth-order valence-corrected chi connectivity index (χ4v) is 5.09. The predicted octanol–water partition coefficient (Wildman–Crippen LogP) is 6.18. The summed E-state index contributed by atoms with van der Waals surface area (Å²) in [6.45, 7) is 6.33. The third-order valence-electron chi connectivity index (χ3n) is 5.73. The van der Waals surface area contributed by atoms with Gasteiger partial charge in [-0.2, -0.15) is 0 Å². The van der Waals surface area contributed by atoms with Gasteiger partial charge in [-0.25, -0.2) is 0 Å². The molecule has 0 radical (unpaired) electrons. The van der Waals surface area contributed by atoms with Crippen LogP contribution in [0.25, 0.3) is 0 Å². The minimum atomic E-state index is -0.0390. The summed E-state index contributed by atoms with van der Waals surface area (Å²) in [5, 5.41) is 3.02. The van der Waals surface area contributed by atoms with Gasteiger partial charge in [-0.15, -0.1) is 11.8 Å². The van der Waals surface area contributed by atoms with Crippen LogP contribution in [-0.2, 0) is 16.0 Å². The molecule has 1 aliphatic rings. The number of anilines is 2. The number of carbonyl (C=O) groups excluding carboxylic acids is 2. The number of nitrogens with one attached hydrogen (secondary N) is 1. The molecule has 160 valence electrons. The summed E-state index contributed by atoms with van der Waals surface area (Å²) in [6, 6.07) is 16.1. The smallest absolute Gasteiger partial charge is 0.238 e. The number of unbranched alkanes of at least 4 members (excludes halogenated alkanes) is 1. The second kappa shape index (κ2) is 10.7. The topological polar surface area (TPSA) is 49.4 Å². The van der Waals surface area contributed by atoms with Crippen molar-refractivity contribution in [1.82, 2.24) is 0 Å². The predicted molar refractivity (Wildman–Crippen MR) is 127 cm³/mol. The average molecular weight is 425 g/mol. The summed E-state index contributed by atoms with van der Waals surface area (Å²) in [5.41, 5.74) is 4.07. The number of nitrogens with zero attached hydrogens (tertiary/aromatic N) is 1. The van der Waals surface area contributed by atoms with E-state index < -0.39 is 0 Å². The van der Waals surface area contributed by atoms with Crippen molar-refractivity contribution < 1.29 is 9.59 Å². The lowest BCUT2D eigenvalue weighted by Gasteiger charge is -2.26. The van der Waals surface area contributed by atoms with Crippen LogP contribution in [-0.4, -0.2) is 17.6 Å². The SMILES string of the molecule is CCCCC(CC)C(=O)Nc1ccc(C2SCC(=O)N2c2ccccc2CC)cc1. The Hall–Kier alpha value is -2.27. The first-order valence-corrected chi connectivity index (χ1v) is 12.1. The Morgan fingerprint density at radius 2 is 1.87 bits per heavy atom. The highest BCUT2D eigenvalue weighted by molar-refractivity contribution is 8.00. The molecule has 30 heavy (non-hydrogen) atoms. The van der Waals surface area contributed by atoms with Gasteiger partial charge >= 0.3 is 0 Å². The zero-order valence-electron chi connectivity index (χ0n) is 18.2. The largest absolute Gasteiger partial charge is 0.326 e. The van der Waals surface area contributed by atoms with Gasteiger partial charge in [0.25, 0.3) is 0 Å². The Kier molecular flexibility index (Phi) is 7.97. The van der Waals surface area contributed by atoms with Crippen molar-refractivity contribution in [3.63, 3.8) is 0 Å². The minimum absolute atomic E-state index is 0.0390. The molecule has 5 heteroatoms. The van der Waals surface area contributed by atoms with Crippen LogP contribution in [0.3, 0.4) is 0 Å². The van der Waals surface area contributed by atoms with Gasteiger partial charge in [0.1, 0.15) is 5.37 Å². The molecule has 2 aromatic carbocycles. The molecule has 2 atom stereocenters. The Morgan fingerprint density at radius 1 is 1.13 bits per heavy atom.